The Bertz CT molecular complexity index is 419. The molecule has 0 spiro atoms. The van der Waals surface area contributed by atoms with Gasteiger partial charge in [-0.15, -0.1) is 0 Å². The number of carbonyl (C=O) groups is 2. The van der Waals surface area contributed by atoms with Crippen molar-refractivity contribution in [2.75, 3.05) is 20.3 Å². The SMILES string of the molecule is COCCC[C@@H]1CCCCN1C(=O)CCC(=O)NC1CCCCCCC1. The summed E-state index contributed by atoms with van der Waals surface area (Å²) in [5, 5.41) is 3.17. The lowest BCUT2D eigenvalue weighted by Gasteiger charge is -2.36. The van der Waals surface area contributed by atoms with Crippen LogP contribution in [0.15, 0.2) is 0 Å². The Hall–Kier alpha value is -1.10. The number of hydrogen-bond donors (Lipinski definition) is 1. The van der Waals surface area contributed by atoms with E-state index in [4.69, 9.17) is 4.74 Å². The van der Waals surface area contributed by atoms with Crippen LogP contribution in [0.3, 0.4) is 0 Å². The highest BCUT2D eigenvalue weighted by Gasteiger charge is 2.26. The fourth-order valence-corrected chi connectivity index (χ4v) is 4.36. The van der Waals surface area contributed by atoms with Gasteiger partial charge in [-0.3, -0.25) is 9.59 Å². The molecule has 0 bridgehead atoms. The third kappa shape index (κ3) is 7.65. The number of hydrogen-bond acceptors (Lipinski definition) is 3. The van der Waals surface area contributed by atoms with E-state index in [1.165, 1.54) is 38.5 Å². The van der Waals surface area contributed by atoms with Crippen molar-refractivity contribution < 1.29 is 14.3 Å². The summed E-state index contributed by atoms with van der Waals surface area (Å²) in [5.41, 5.74) is 0. The van der Waals surface area contributed by atoms with Crippen LogP contribution in [0.2, 0.25) is 0 Å². The number of piperidine rings is 1. The molecule has 1 atom stereocenters. The van der Waals surface area contributed by atoms with Gasteiger partial charge in [-0.05, 0) is 44.9 Å². The highest BCUT2D eigenvalue weighted by molar-refractivity contribution is 5.84. The van der Waals surface area contributed by atoms with Gasteiger partial charge in [0, 0.05) is 45.2 Å². The summed E-state index contributed by atoms with van der Waals surface area (Å²) in [6.45, 7) is 1.60. The van der Waals surface area contributed by atoms with Crippen molar-refractivity contribution in [1.29, 1.82) is 0 Å². The van der Waals surface area contributed by atoms with Gasteiger partial charge >= 0.3 is 0 Å². The zero-order chi connectivity index (χ0) is 18.6. The summed E-state index contributed by atoms with van der Waals surface area (Å²) < 4.78 is 5.14. The third-order valence-electron chi connectivity index (χ3n) is 5.87. The zero-order valence-corrected chi connectivity index (χ0v) is 16.6. The first kappa shape index (κ1) is 21.2. The maximum atomic E-state index is 12.7. The van der Waals surface area contributed by atoms with Gasteiger partial charge in [0.25, 0.3) is 0 Å². The lowest BCUT2D eigenvalue weighted by molar-refractivity contribution is -0.137. The number of carbonyl (C=O) groups excluding carboxylic acids is 2. The van der Waals surface area contributed by atoms with Crippen molar-refractivity contribution in [1.82, 2.24) is 10.2 Å². The largest absolute Gasteiger partial charge is 0.385 e. The second-order valence-corrected chi connectivity index (χ2v) is 7.98. The molecule has 1 aliphatic carbocycles. The topological polar surface area (TPSA) is 58.6 Å². The Labute approximate surface area is 159 Å². The second-order valence-electron chi connectivity index (χ2n) is 7.98. The number of rotatable bonds is 8. The van der Waals surface area contributed by atoms with Gasteiger partial charge in [0.15, 0.2) is 0 Å². The fourth-order valence-electron chi connectivity index (χ4n) is 4.36. The first-order chi connectivity index (χ1) is 12.7. The summed E-state index contributed by atoms with van der Waals surface area (Å²) in [6.07, 6.45) is 14.5. The average Bonchev–Trinajstić information content (AvgIpc) is 2.62. The Morgan fingerprint density at radius 1 is 0.962 bits per heavy atom. The van der Waals surface area contributed by atoms with E-state index >= 15 is 0 Å². The molecule has 5 nitrogen and oxygen atoms in total. The van der Waals surface area contributed by atoms with Gasteiger partial charge in [-0.2, -0.15) is 0 Å². The molecule has 0 unspecified atom stereocenters. The van der Waals surface area contributed by atoms with Gasteiger partial charge in [0.1, 0.15) is 0 Å². The minimum Gasteiger partial charge on any atom is -0.385 e. The molecule has 1 N–H and O–H groups in total. The van der Waals surface area contributed by atoms with E-state index in [1.54, 1.807) is 7.11 Å². The first-order valence-electron chi connectivity index (χ1n) is 10.8. The molecule has 26 heavy (non-hydrogen) atoms. The number of amides is 2. The minimum atomic E-state index is 0.0527. The molecule has 2 fully saturated rings. The monoisotopic (exact) mass is 366 g/mol. The molecule has 2 aliphatic rings. The maximum absolute atomic E-state index is 12.7. The van der Waals surface area contributed by atoms with E-state index in [0.717, 1.165) is 51.7 Å². The van der Waals surface area contributed by atoms with Gasteiger partial charge in [-0.1, -0.05) is 32.1 Å². The number of methoxy groups -OCH3 is 1. The summed E-state index contributed by atoms with van der Waals surface area (Å²) in [6, 6.07) is 0.648. The van der Waals surface area contributed by atoms with Crippen molar-refractivity contribution in [3.8, 4) is 0 Å². The second kappa shape index (κ2) is 12.3. The lowest BCUT2D eigenvalue weighted by Crippen LogP contribution is -2.44. The molecule has 1 aliphatic heterocycles. The molecule has 0 aromatic rings. The predicted molar refractivity (Wildman–Crippen MR) is 104 cm³/mol. The fraction of sp³-hybridized carbons (Fsp3) is 0.905. The van der Waals surface area contributed by atoms with Crippen LogP contribution in [0.5, 0.6) is 0 Å². The Kier molecular flexibility index (Phi) is 10.0. The molecule has 2 amide bonds. The molecule has 0 aromatic heterocycles. The zero-order valence-electron chi connectivity index (χ0n) is 16.6. The van der Waals surface area contributed by atoms with Crippen LogP contribution in [-0.2, 0) is 14.3 Å². The summed E-state index contributed by atoms with van der Waals surface area (Å²) in [7, 11) is 1.72. The molecule has 1 saturated heterocycles. The third-order valence-corrected chi connectivity index (χ3v) is 5.87. The van der Waals surface area contributed by atoms with E-state index < -0.39 is 0 Å². The normalized spacial score (nSPS) is 22.5. The summed E-state index contributed by atoms with van der Waals surface area (Å²) in [5.74, 6) is 0.205. The minimum absolute atomic E-state index is 0.0527. The first-order valence-corrected chi connectivity index (χ1v) is 10.8. The Morgan fingerprint density at radius 3 is 2.38 bits per heavy atom. The molecule has 1 heterocycles. The van der Waals surface area contributed by atoms with E-state index in [-0.39, 0.29) is 11.8 Å². The van der Waals surface area contributed by atoms with Crippen LogP contribution in [0.25, 0.3) is 0 Å². The van der Waals surface area contributed by atoms with Gasteiger partial charge < -0.3 is 15.0 Å². The molecule has 2 rings (SSSR count). The van der Waals surface area contributed by atoms with Gasteiger partial charge in [-0.25, -0.2) is 0 Å². The smallest absolute Gasteiger partial charge is 0.223 e. The van der Waals surface area contributed by atoms with Crippen LogP contribution in [0, 0.1) is 0 Å². The molecule has 5 heteroatoms. The summed E-state index contributed by atoms with van der Waals surface area (Å²) in [4.78, 5) is 27.0. The molecule has 0 radical (unpaired) electrons. The average molecular weight is 367 g/mol. The van der Waals surface area contributed by atoms with E-state index in [0.29, 0.717) is 24.9 Å². The van der Waals surface area contributed by atoms with E-state index in [1.807, 2.05) is 4.90 Å². The predicted octanol–water partition coefficient (Wildman–Crippen LogP) is 3.80. The maximum Gasteiger partial charge on any atom is 0.223 e. The number of nitrogens with zero attached hydrogens (tertiary/aromatic N) is 1. The van der Waals surface area contributed by atoms with Gasteiger partial charge in [0.2, 0.25) is 11.8 Å². The molecule has 1 saturated carbocycles. The standard InChI is InChI=1S/C21H38N2O3/c1-26-17-9-13-19-12-7-8-16-23(19)21(25)15-14-20(24)22-18-10-5-3-2-4-6-11-18/h18-19H,2-17H2,1H3,(H,22,24)/t19-/m0/s1. The molecule has 0 aromatic carbocycles. The van der Waals surface area contributed by atoms with Crippen LogP contribution in [0.4, 0.5) is 0 Å². The highest BCUT2D eigenvalue weighted by Crippen LogP contribution is 2.22. The van der Waals surface area contributed by atoms with Gasteiger partial charge in [0.05, 0.1) is 0 Å². The van der Waals surface area contributed by atoms with Crippen LogP contribution in [0.1, 0.15) is 89.9 Å². The van der Waals surface area contributed by atoms with Crippen molar-refractivity contribution in [3.63, 3.8) is 0 Å². The van der Waals surface area contributed by atoms with Crippen molar-refractivity contribution >= 4 is 11.8 Å². The molecular weight excluding hydrogens is 328 g/mol. The lowest BCUT2D eigenvalue weighted by atomic mass is 9.96. The molecule has 150 valence electrons. The number of nitrogens with one attached hydrogen (secondary N) is 1. The Morgan fingerprint density at radius 2 is 1.65 bits per heavy atom. The van der Waals surface area contributed by atoms with E-state index in [2.05, 4.69) is 5.32 Å². The van der Waals surface area contributed by atoms with Crippen LogP contribution in [-0.4, -0.2) is 49.1 Å². The van der Waals surface area contributed by atoms with Crippen molar-refractivity contribution in [2.45, 2.75) is 102 Å². The molecular formula is C21H38N2O3. The Balaban J connectivity index is 1.72. The van der Waals surface area contributed by atoms with Crippen LogP contribution >= 0.6 is 0 Å². The highest BCUT2D eigenvalue weighted by atomic mass is 16.5. The van der Waals surface area contributed by atoms with Crippen LogP contribution < -0.4 is 5.32 Å². The number of ether oxygens (including phenoxy) is 1. The summed E-state index contributed by atoms with van der Waals surface area (Å²) >= 11 is 0. The van der Waals surface area contributed by atoms with Crippen molar-refractivity contribution in [3.05, 3.63) is 0 Å². The van der Waals surface area contributed by atoms with E-state index in [9.17, 15) is 9.59 Å². The number of likely N-dealkylation sites (tertiary alicyclic amines) is 1. The quantitative estimate of drug-likeness (QED) is 0.665. The van der Waals surface area contributed by atoms with Crippen molar-refractivity contribution in [2.24, 2.45) is 0 Å².